The van der Waals surface area contributed by atoms with Crippen molar-refractivity contribution < 1.29 is 4.39 Å². The van der Waals surface area contributed by atoms with Gasteiger partial charge in [-0.15, -0.1) is 0 Å². The van der Waals surface area contributed by atoms with Crippen molar-refractivity contribution >= 4 is 0 Å². The first-order valence-electron chi connectivity index (χ1n) is 5.86. The van der Waals surface area contributed by atoms with Gasteiger partial charge in [0.2, 0.25) is 0 Å². The molecule has 1 unspecified atom stereocenters. The zero-order valence-electron chi connectivity index (χ0n) is 9.75. The molecule has 1 aliphatic rings. The van der Waals surface area contributed by atoms with Gasteiger partial charge in [0.1, 0.15) is 5.82 Å². The van der Waals surface area contributed by atoms with E-state index in [0.29, 0.717) is 6.54 Å². The second kappa shape index (κ2) is 4.52. The fourth-order valence-electron chi connectivity index (χ4n) is 2.67. The van der Waals surface area contributed by atoms with Crippen LogP contribution in [0, 0.1) is 5.82 Å². The Kier molecular flexibility index (Phi) is 3.26. The lowest BCUT2D eigenvalue weighted by Crippen LogP contribution is -2.52. The lowest BCUT2D eigenvalue weighted by Gasteiger charge is -2.45. The molecule has 2 rings (SSSR count). The smallest absolute Gasteiger partial charge is 0.123 e. The summed E-state index contributed by atoms with van der Waals surface area (Å²) in [6.07, 6.45) is 3.48. The van der Waals surface area contributed by atoms with E-state index in [2.05, 4.69) is 11.9 Å². The van der Waals surface area contributed by atoms with Crippen LogP contribution in [-0.2, 0) is 5.54 Å². The van der Waals surface area contributed by atoms with E-state index < -0.39 is 0 Å². The predicted molar refractivity (Wildman–Crippen MR) is 63.6 cm³/mol. The Bertz CT molecular complexity index is 349. The Balaban J connectivity index is 2.36. The molecule has 0 amide bonds. The SMILES string of the molecule is CN1CCCCC1(CN)c1ccc(F)cc1. The number of halogens is 1. The lowest BCUT2D eigenvalue weighted by molar-refractivity contribution is 0.0784. The fourth-order valence-corrected chi connectivity index (χ4v) is 2.67. The molecule has 1 aromatic rings. The summed E-state index contributed by atoms with van der Waals surface area (Å²) in [7, 11) is 2.11. The van der Waals surface area contributed by atoms with Gasteiger partial charge in [-0.05, 0) is 50.6 Å². The van der Waals surface area contributed by atoms with Crippen molar-refractivity contribution in [3.8, 4) is 0 Å². The van der Waals surface area contributed by atoms with E-state index in [1.54, 1.807) is 0 Å². The first-order chi connectivity index (χ1) is 7.69. The summed E-state index contributed by atoms with van der Waals surface area (Å²) in [4.78, 5) is 2.31. The summed E-state index contributed by atoms with van der Waals surface area (Å²) in [5.41, 5.74) is 7.01. The van der Waals surface area contributed by atoms with Gasteiger partial charge in [-0.3, -0.25) is 4.90 Å². The third-order valence-corrected chi connectivity index (χ3v) is 3.78. The monoisotopic (exact) mass is 222 g/mol. The maximum atomic E-state index is 12.9. The molecule has 1 aromatic carbocycles. The molecule has 1 atom stereocenters. The molecular formula is C13H19FN2. The standard InChI is InChI=1S/C13H19FN2/c1-16-9-3-2-8-13(16,10-15)11-4-6-12(14)7-5-11/h4-7H,2-3,8-10,15H2,1H3. The van der Waals surface area contributed by atoms with Crippen molar-refractivity contribution in [3.63, 3.8) is 0 Å². The summed E-state index contributed by atoms with van der Waals surface area (Å²) in [6, 6.07) is 6.78. The number of nitrogens with two attached hydrogens (primary N) is 1. The van der Waals surface area contributed by atoms with Crippen molar-refractivity contribution in [3.05, 3.63) is 35.6 Å². The van der Waals surface area contributed by atoms with Crippen LogP contribution in [0.1, 0.15) is 24.8 Å². The highest BCUT2D eigenvalue weighted by Gasteiger charge is 2.36. The summed E-state index contributed by atoms with van der Waals surface area (Å²) in [6.45, 7) is 1.66. The number of piperidine rings is 1. The second-order valence-electron chi connectivity index (χ2n) is 4.62. The van der Waals surface area contributed by atoms with Crippen molar-refractivity contribution in [2.45, 2.75) is 24.8 Å². The first-order valence-corrected chi connectivity index (χ1v) is 5.86. The summed E-state index contributed by atoms with van der Waals surface area (Å²) in [5.74, 6) is -0.186. The molecule has 0 radical (unpaired) electrons. The molecule has 2 nitrogen and oxygen atoms in total. The number of hydrogen-bond donors (Lipinski definition) is 1. The average Bonchev–Trinajstić information content (AvgIpc) is 2.31. The zero-order valence-corrected chi connectivity index (χ0v) is 9.75. The number of benzene rings is 1. The molecular weight excluding hydrogens is 203 g/mol. The van der Waals surface area contributed by atoms with Crippen molar-refractivity contribution in [1.29, 1.82) is 0 Å². The van der Waals surface area contributed by atoms with Gasteiger partial charge >= 0.3 is 0 Å². The van der Waals surface area contributed by atoms with Crippen LogP contribution in [0.2, 0.25) is 0 Å². The van der Waals surface area contributed by atoms with Gasteiger partial charge in [0.15, 0.2) is 0 Å². The van der Waals surface area contributed by atoms with Gasteiger partial charge in [0.25, 0.3) is 0 Å². The third kappa shape index (κ3) is 1.85. The predicted octanol–water partition coefficient (Wildman–Crippen LogP) is 2.10. The van der Waals surface area contributed by atoms with Gasteiger partial charge in [-0.1, -0.05) is 12.1 Å². The largest absolute Gasteiger partial charge is 0.328 e. The zero-order chi connectivity index (χ0) is 11.6. The van der Waals surface area contributed by atoms with Gasteiger partial charge in [-0.25, -0.2) is 4.39 Å². The van der Waals surface area contributed by atoms with Gasteiger partial charge in [0, 0.05) is 6.54 Å². The topological polar surface area (TPSA) is 29.3 Å². The van der Waals surface area contributed by atoms with E-state index in [4.69, 9.17) is 5.73 Å². The van der Waals surface area contributed by atoms with Gasteiger partial charge in [-0.2, -0.15) is 0 Å². The molecule has 0 spiro atoms. The maximum Gasteiger partial charge on any atom is 0.123 e. The summed E-state index contributed by atoms with van der Waals surface area (Å²) < 4.78 is 12.9. The van der Waals surface area contributed by atoms with Crippen LogP contribution in [0.5, 0.6) is 0 Å². The molecule has 16 heavy (non-hydrogen) atoms. The van der Waals surface area contributed by atoms with Crippen LogP contribution < -0.4 is 5.73 Å². The van der Waals surface area contributed by atoms with Crippen LogP contribution in [0.3, 0.4) is 0 Å². The van der Waals surface area contributed by atoms with Gasteiger partial charge in [0.05, 0.1) is 5.54 Å². The van der Waals surface area contributed by atoms with E-state index in [1.807, 2.05) is 12.1 Å². The molecule has 2 N–H and O–H groups in total. The Labute approximate surface area is 96.2 Å². The minimum atomic E-state index is -0.186. The van der Waals surface area contributed by atoms with E-state index in [1.165, 1.54) is 25.0 Å². The van der Waals surface area contributed by atoms with E-state index in [0.717, 1.165) is 18.5 Å². The Morgan fingerprint density at radius 1 is 1.31 bits per heavy atom. The molecule has 1 fully saturated rings. The Morgan fingerprint density at radius 2 is 2.00 bits per heavy atom. The number of likely N-dealkylation sites (tertiary alicyclic amines) is 1. The van der Waals surface area contributed by atoms with E-state index >= 15 is 0 Å². The van der Waals surface area contributed by atoms with E-state index in [9.17, 15) is 4.39 Å². The third-order valence-electron chi connectivity index (χ3n) is 3.78. The number of rotatable bonds is 2. The van der Waals surface area contributed by atoms with Crippen LogP contribution in [0.15, 0.2) is 24.3 Å². The molecule has 0 bridgehead atoms. The average molecular weight is 222 g/mol. The highest BCUT2D eigenvalue weighted by atomic mass is 19.1. The molecule has 0 saturated carbocycles. The number of likely N-dealkylation sites (N-methyl/N-ethyl adjacent to an activating group) is 1. The molecule has 1 saturated heterocycles. The summed E-state index contributed by atoms with van der Waals surface area (Å²) in [5, 5.41) is 0. The molecule has 88 valence electrons. The van der Waals surface area contributed by atoms with Crippen molar-refractivity contribution in [2.75, 3.05) is 20.1 Å². The molecule has 1 aliphatic heterocycles. The Hall–Kier alpha value is -0.930. The fraction of sp³-hybridized carbons (Fsp3) is 0.538. The molecule has 0 aliphatic carbocycles. The minimum absolute atomic E-state index is 0.0913. The molecule has 0 aromatic heterocycles. The van der Waals surface area contributed by atoms with E-state index in [-0.39, 0.29) is 11.4 Å². The number of hydrogen-bond acceptors (Lipinski definition) is 2. The lowest BCUT2D eigenvalue weighted by atomic mass is 9.81. The highest BCUT2D eigenvalue weighted by molar-refractivity contribution is 5.26. The second-order valence-corrected chi connectivity index (χ2v) is 4.62. The Morgan fingerprint density at radius 3 is 2.56 bits per heavy atom. The van der Waals surface area contributed by atoms with Crippen LogP contribution in [0.4, 0.5) is 4.39 Å². The minimum Gasteiger partial charge on any atom is -0.328 e. The maximum absolute atomic E-state index is 12.9. The molecule has 3 heteroatoms. The quantitative estimate of drug-likeness (QED) is 0.830. The summed E-state index contributed by atoms with van der Waals surface area (Å²) >= 11 is 0. The van der Waals surface area contributed by atoms with Crippen molar-refractivity contribution in [2.24, 2.45) is 5.73 Å². The van der Waals surface area contributed by atoms with Crippen LogP contribution in [-0.4, -0.2) is 25.0 Å². The van der Waals surface area contributed by atoms with Crippen LogP contribution >= 0.6 is 0 Å². The normalized spacial score (nSPS) is 26.9. The van der Waals surface area contributed by atoms with Gasteiger partial charge < -0.3 is 5.73 Å². The first kappa shape index (κ1) is 11.6. The van der Waals surface area contributed by atoms with Crippen molar-refractivity contribution in [1.82, 2.24) is 4.90 Å². The highest BCUT2D eigenvalue weighted by Crippen LogP contribution is 2.35. The number of nitrogens with zero attached hydrogens (tertiary/aromatic N) is 1. The molecule has 1 heterocycles. The van der Waals surface area contributed by atoms with Crippen LogP contribution in [0.25, 0.3) is 0 Å².